The summed E-state index contributed by atoms with van der Waals surface area (Å²) in [6, 6.07) is 7.95. The lowest BCUT2D eigenvalue weighted by Crippen LogP contribution is -2.55. The van der Waals surface area contributed by atoms with Crippen LogP contribution in [0.4, 0.5) is 11.4 Å². The lowest BCUT2D eigenvalue weighted by Gasteiger charge is -2.41. The molecule has 0 aliphatic carbocycles. The van der Waals surface area contributed by atoms with Gasteiger partial charge in [-0.25, -0.2) is 0 Å². The summed E-state index contributed by atoms with van der Waals surface area (Å²) in [4.78, 5) is 17.7. The number of amides is 1. The maximum absolute atomic E-state index is 13.1. The second-order valence-electron chi connectivity index (χ2n) is 8.04. The molecule has 27 heavy (non-hydrogen) atoms. The van der Waals surface area contributed by atoms with Gasteiger partial charge in [0.1, 0.15) is 0 Å². The van der Waals surface area contributed by atoms with Gasteiger partial charge in [0.15, 0.2) is 0 Å². The summed E-state index contributed by atoms with van der Waals surface area (Å²) in [6.45, 7) is 13.2. The van der Waals surface area contributed by atoms with E-state index >= 15 is 0 Å². The van der Waals surface area contributed by atoms with Crippen molar-refractivity contribution in [2.24, 2.45) is 5.92 Å². The molecule has 1 aromatic carbocycles. The van der Waals surface area contributed by atoms with Gasteiger partial charge in [0.25, 0.3) is 0 Å². The molecule has 1 N–H and O–H groups in total. The summed E-state index contributed by atoms with van der Waals surface area (Å²) in [7, 11) is 0. The normalized spacial score (nSPS) is 25.4. The average molecular weight is 376 g/mol. The van der Waals surface area contributed by atoms with Crippen molar-refractivity contribution < 1.29 is 14.3 Å². The van der Waals surface area contributed by atoms with E-state index in [0.29, 0.717) is 0 Å². The Morgan fingerprint density at radius 1 is 1.15 bits per heavy atom. The Morgan fingerprint density at radius 2 is 1.81 bits per heavy atom. The molecule has 2 aliphatic heterocycles. The summed E-state index contributed by atoms with van der Waals surface area (Å²) in [5, 5.41) is 3.15. The summed E-state index contributed by atoms with van der Waals surface area (Å²) < 4.78 is 11.3. The molecule has 0 aromatic heterocycles. The first-order chi connectivity index (χ1) is 12.9. The standard InChI is InChI=1S/C21H33N3O3/c1-15(2)20(24-13-16(3)27-17(4)14-24)21(25)22-18-6-5-7-19(12-18)23-8-10-26-11-9-23/h5-7,12,15-17,20H,8-11,13-14H2,1-4H3,(H,22,25)/t16-,17+,20-/m0/s1. The van der Waals surface area contributed by atoms with Crippen molar-refractivity contribution in [1.82, 2.24) is 4.90 Å². The van der Waals surface area contributed by atoms with Gasteiger partial charge in [0.2, 0.25) is 5.91 Å². The van der Waals surface area contributed by atoms with Gasteiger partial charge in [-0.15, -0.1) is 0 Å². The zero-order chi connectivity index (χ0) is 19.4. The number of hydrogen-bond donors (Lipinski definition) is 1. The van der Waals surface area contributed by atoms with Crippen molar-refractivity contribution in [2.75, 3.05) is 49.6 Å². The van der Waals surface area contributed by atoms with Gasteiger partial charge in [0, 0.05) is 37.6 Å². The Kier molecular flexibility index (Phi) is 6.73. The van der Waals surface area contributed by atoms with E-state index in [1.807, 2.05) is 12.1 Å². The number of carbonyl (C=O) groups excluding carboxylic acids is 1. The van der Waals surface area contributed by atoms with Crippen LogP contribution in [0.5, 0.6) is 0 Å². The van der Waals surface area contributed by atoms with E-state index in [0.717, 1.165) is 50.8 Å². The minimum atomic E-state index is -0.161. The fourth-order valence-corrected chi connectivity index (χ4v) is 4.15. The molecular weight excluding hydrogens is 342 g/mol. The highest BCUT2D eigenvalue weighted by atomic mass is 16.5. The van der Waals surface area contributed by atoms with E-state index in [4.69, 9.17) is 9.47 Å². The Balaban J connectivity index is 1.70. The van der Waals surface area contributed by atoms with Gasteiger partial charge in [-0.3, -0.25) is 9.69 Å². The van der Waals surface area contributed by atoms with Crippen molar-refractivity contribution in [3.8, 4) is 0 Å². The van der Waals surface area contributed by atoms with Crippen molar-refractivity contribution >= 4 is 17.3 Å². The molecule has 1 amide bonds. The highest BCUT2D eigenvalue weighted by Crippen LogP contribution is 2.23. The van der Waals surface area contributed by atoms with Crippen LogP contribution in [-0.2, 0) is 14.3 Å². The lowest BCUT2D eigenvalue weighted by atomic mass is 9.99. The molecule has 3 atom stereocenters. The van der Waals surface area contributed by atoms with E-state index in [9.17, 15) is 4.79 Å². The molecule has 1 aromatic rings. The number of rotatable bonds is 5. The van der Waals surface area contributed by atoms with Crippen molar-refractivity contribution in [1.29, 1.82) is 0 Å². The minimum Gasteiger partial charge on any atom is -0.378 e. The molecule has 0 spiro atoms. The molecular formula is C21H33N3O3. The van der Waals surface area contributed by atoms with E-state index in [-0.39, 0.29) is 30.1 Å². The van der Waals surface area contributed by atoms with Crippen LogP contribution in [-0.4, -0.2) is 68.4 Å². The van der Waals surface area contributed by atoms with E-state index in [1.165, 1.54) is 0 Å². The Hall–Kier alpha value is -1.63. The number of nitrogens with zero attached hydrogens (tertiary/aromatic N) is 2. The predicted octanol–water partition coefficient (Wildman–Crippen LogP) is 2.60. The Labute approximate surface area is 162 Å². The number of nitrogens with one attached hydrogen (secondary N) is 1. The second-order valence-corrected chi connectivity index (χ2v) is 8.04. The first kappa shape index (κ1) is 20.1. The summed E-state index contributed by atoms with van der Waals surface area (Å²) in [5.74, 6) is 0.287. The molecule has 0 unspecified atom stereocenters. The molecule has 2 aliphatic rings. The Morgan fingerprint density at radius 3 is 2.44 bits per heavy atom. The molecule has 0 bridgehead atoms. The van der Waals surface area contributed by atoms with Crippen LogP contribution in [0.15, 0.2) is 24.3 Å². The van der Waals surface area contributed by atoms with Gasteiger partial charge in [-0.1, -0.05) is 19.9 Å². The summed E-state index contributed by atoms with van der Waals surface area (Å²) in [6.07, 6.45) is 0.292. The fraction of sp³-hybridized carbons (Fsp3) is 0.667. The van der Waals surface area contributed by atoms with Crippen LogP contribution < -0.4 is 10.2 Å². The zero-order valence-corrected chi connectivity index (χ0v) is 17.0. The second kappa shape index (κ2) is 9.04. The number of ether oxygens (including phenoxy) is 2. The van der Waals surface area contributed by atoms with E-state index in [1.54, 1.807) is 0 Å². The van der Waals surface area contributed by atoms with Crippen LogP contribution in [0.2, 0.25) is 0 Å². The van der Waals surface area contributed by atoms with Crippen LogP contribution in [0.25, 0.3) is 0 Å². The van der Waals surface area contributed by atoms with Crippen LogP contribution in [0.3, 0.4) is 0 Å². The van der Waals surface area contributed by atoms with Crippen LogP contribution in [0, 0.1) is 5.92 Å². The van der Waals surface area contributed by atoms with E-state index < -0.39 is 0 Å². The topological polar surface area (TPSA) is 54.0 Å². The third-order valence-electron chi connectivity index (χ3n) is 5.23. The van der Waals surface area contributed by atoms with Crippen molar-refractivity contribution in [3.63, 3.8) is 0 Å². The zero-order valence-electron chi connectivity index (χ0n) is 17.0. The van der Waals surface area contributed by atoms with Crippen LogP contribution >= 0.6 is 0 Å². The molecule has 0 saturated carbocycles. The number of benzene rings is 1. The molecule has 6 nitrogen and oxygen atoms in total. The largest absolute Gasteiger partial charge is 0.378 e. The third-order valence-corrected chi connectivity index (χ3v) is 5.23. The highest BCUT2D eigenvalue weighted by Gasteiger charge is 2.34. The maximum atomic E-state index is 13.1. The van der Waals surface area contributed by atoms with Gasteiger partial charge in [0.05, 0.1) is 31.5 Å². The minimum absolute atomic E-state index is 0.0606. The predicted molar refractivity (Wildman–Crippen MR) is 108 cm³/mol. The lowest BCUT2D eigenvalue weighted by molar-refractivity contribution is -0.130. The number of anilines is 2. The average Bonchev–Trinajstić information content (AvgIpc) is 2.61. The molecule has 6 heteroatoms. The van der Waals surface area contributed by atoms with Crippen LogP contribution in [0.1, 0.15) is 27.7 Å². The smallest absolute Gasteiger partial charge is 0.241 e. The molecule has 2 heterocycles. The SMILES string of the molecule is CC(C)[C@@H](C(=O)Nc1cccc(N2CCOCC2)c1)N1C[C@@H](C)O[C@@H](C)C1. The molecule has 3 rings (SSSR count). The quantitative estimate of drug-likeness (QED) is 0.857. The van der Waals surface area contributed by atoms with Gasteiger partial charge < -0.3 is 19.7 Å². The van der Waals surface area contributed by atoms with Gasteiger partial charge in [-0.2, -0.15) is 0 Å². The molecule has 150 valence electrons. The Bertz CT molecular complexity index is 621. The number of carbonyl (C=O) groups is 1. The first-order valence-corrected chi connectivity index (χ1v) is 10.1. The number of morpholine rings is 2. The third kappa shape index (κ3) is 5.21. The monoisotopic (exact) mass is 375 g/mol. The molecule has 2 fully saturated rings. The van der Waals surface area contributed by atoms with Crippen molar-refractivity contribution in [3.05, 3.63) is 24.3 Å². The molecule has 2 saturated heterocycles. The molecule has 0 radical (unpaired) electrons. The summed E-state index contributed by atoms with van der Waals surface area (Å²) in [5.41, 5.74) is 1.98. The highest BCUT2D eigenvalue weighted by molar-refractivity contribution is 5.95. The maximum Gasteiger partial charge on any atom is 0.241 e. The van der Waals surface area contributed by atoms with Gasteiger partial charge >= 0.3 is 0 Å². The van der Waals surface area contributed by atoms with Crippen molar-refractivity contribution in [2.45, 2.75) is 45.9 Å². The fourth-order valence-electron chi connectivity index (χ4n) is 4.15. The first-order valence-electron chi connectivity index (χ1n) is 10.1. The number of hydrogen-bond acceptors (Lipinski definition) is 5. The summed E-state index contributed by atoms with van der Waals surface area (Å²) >= 11 is 0. The van der Waals surface area contributed by atoms with Gasteiger partial charge in [-0.05, 0) is 38.0 Å². The van der Waals surface area contributed by atoms with E-state index in [2.05, 4.69) is 54.9 Å².